The lowest BCUT2D eigenvalue weighted by molar-refractivity contribution is -0.386. The molecule has 0 N–H and O–H groups in total. The summed E-state index contributed by atoms with van der Waals surface area (Å²) in [7, 11) is 0. The molecule has 1 atom stereocenters. The maximum atomic E-state index is 10.7. The molecule has 0 aliphatic rings. The van der Waals surface area contributed by atoms with Gasteiger partial charge >= 0.3 is 0 Å². The average Bonchev–Trinajstić information content (AvgIpc) is 2.02. The van der Waals surface area contributed by atoms with Crippen LogP contribution in [0, 0.1) is 17.0 Å². The third-order valence-electron chi connectivity index (χ3n) is 1.73. The number of nitro benzene ring substituents is 1. The number of nitrogens with zero attached hydrogens (tertiary/aromatic N) is 1. The smallest absolute Gasteiger partial charge is 0.258 e. The monoisotopic (exact) mass is 242 g/mol. The van der Waals surface area contributed by atoms with E-state index >= 15 is 0 Å². The number of hydrogen-bond acceptors (Lipinski definition) is 2. The van der Waals surface area contributed by atoms with Crippen molar-refractivity contribution < 1.29 is 4.92 Å². The number of benzene rings is 1. The fraction of sp³-hybridized carbons (Fsp3) is 0.222. The van der Waals surface area contributed by atoms with Crippen LogP contribution in [0.15, 0.2) is 22.7 Å². The molecule has 0 saturated heterocycles. The van der Waals surface area contributed by atoms with Gasteiger partial charge in [-0.3, -0.25) is 10.1 Å². The van der Waals surface area contributed by atoms with Gasteiger partial charge in [0, 0.05) is 5.56 Å². The lowest BCUT2D eigenvalue weighted by Crippen LogP contribution is -1.97. The van der Waals surface area contributed by atoms with Crippen molar-refractivity contribution in [3.8, 4) is 0 Å². The Morgan fingerprint density at radius 2 is 2.23 bits per heavy atom. The van der Waals surface area contributed by atoms with Crippen molar-refractivity contribution in [3.05, 3.63) is 45.3 Å². The molecule has 3 nitrogen and oxygen atoms in total. The molecule has 13 heavy (non-hydrogen) atoms. The fourth-order valence-electron chi connectivity index (χ4n) is 1.12. The van der Waals surface area contributed by atoms with Crippen molar-refractivity contribution in [1.82, 2.24) is 0 Å². The Hall–Kier alpha value is -0.900. The topological polar surface area (TPSA) is 43.1 Å². The highest BCUT2D eigenvalue weighted by molar-refractivity contribution is 9.10. The molecule has 1 unspecified atom stereocenters. The molecule has 0 aromatic heterocycles. The Kier molecular flexibility index (Phi) is 3.03. The standard InChI is InChI=1S/C9H9BrNO2/c1-6(2)7-4-3-5-8(10)9(7)11(12)13/h3-6H,1H2,2H3. The maximum Gasteiger partial charge on any atom is 0.286 e. The summed E-state index contributed by atoms with van der Waals surface area (Å²) in [6.07, 6.45) is 0. The van der Waals surface area contributed by atoms with Gasteiger partial charge in [-0.15, -0.1) is 0 Å². The molecule has 1 radical (unpaired) electrons. The summed E-state index contributed by atoms with van der Waals surface area (Å²) in [6, 6.07) is 5.15. The van der Waals surface area contributed by atoms with Crippen LogP contribution in [0.5, 0.6) is 0 Å². The highest BCUT2D eigenvalue weighted by Gasteiger charge is 2.19. The first-order chi connectivity index (χ1) is 6.04. The van der Waals surface area contributed by atoms with Gasteiger partial charge in [-0.1, -0.05) is 19.1 Å². The normalized spacial score (nSPS) is 10.5. The maximum absolute atomic E-state index is 10.7. The highest BCUT2D eigenvalue weighted by Crippen LogP contribution is 2.32. The van der Waals surface area contributed by atoms with Gasteiger partial charge in [0.1, 0.15) is 0 Å². The molecule has 0 saturated carbocycles. The minimum absolute atomic E-state index is 0.0853. The predicted molar refractivity (Wildman–Crippen MR) is 54.6 cm³/mol. The molecule has 0 spiro atoms. The van der Waals surface area contributed by atoms with Crippen molar-refractivity contribution >= 4 is 21.6 Å². The number of halogens is 1. The van der Waals surface area contributed by atoms with Crippen LogP contribution >= 0.6 is 15.9 Å². The quantitative estimate of drug-likeness (QED) is 0.590. The first-order valence-electron chi connectivity index (χ1n) is 3.80. The highest BCUT2D eigenvalue weighted by atomic mass is 79.9. The molecule has 0 bridgehead atoms. The van der Waals surface area contributed by atoms with E-state index in [2.05, 4.69) is 22.9 Å². The van der Waals surface area contributed by atoms with Crippen molar-refractivity contribution in [2.24, 2.45) is 0 Å². The number of para-hydroxylation sites is 1. The predicted octanol–water partition coefficient (Wildman–Crippen LogP) is 3.29. The van der Waals surface area contributed by atoms with E-state index in [1.807, 2.05) is 6.92 Å². The Morgan fingerprint density at radius 1 is 1.62 bits per heavy atom. The van der Waals surface area contributed by atoms with Crippen molar-refractivity contribution in [2.75, 3.05) is 0 Å². The summed E-state index contributed by atoms with van der Waals surface area (Å²) in [5, 5.41) is 10.7. The molecular weight excluding hydrogens is 234 g/mol. The van der Waals surface area contributed by atoms with E-state index in [1.54, 1.807) is 18.2 Å². The molecule has 69 valence electrons. The Labute approximate surface area is 85.0 Å². The summed E-state index contributed by atoms with van der Waals surface area (Å²) >= 11 is 3.15. The van der Waals surface area contributed by atoms with Gasteiger partial charge < -0.3 is 0 Å². The number of hydrogen-bond donors (Lipinski definition) is 0. The van der Waals surface area contributed by atoms with Crippen LogP contribution in [-0.4, -0.2) is 4.92 Å². The van der Waals surface area contributed by atoms with Gasteiger partial charge in [-0.2, -0.15) is 0 Å². The van der Waals surface area contributed by atoms with Gasteiger partial charge in [0.15, 0.2) is 0 Å². The average molecular weight is 243 g/mol. The van der Waals surface area contributed by atoms with Crippen LogP contribution in [-0.2, 0) is 0 Å². The zero-order chi connectivity index (χ0) is 10.0. The second kappa shape index (κ2) is 3.87. The van der Waals surface area contributed by atoms with Gasteiger partial charge in [-0.25, -0.2) is 0 Å². The first kappa shape index (κ1) is 10.2. The van der Waals surface area contributed by atoms with Crippen LogP contribution in [0.3, 0.4) is 0 Å². The zero-order valence-corrected chi connectivity index (χ0v) is 8.74. The van der Waals surface area contributed by atoms with E-state index in [0.29, 0.717) is 10.0 Å². The lowest BCUT2D eigenvalue weighted by Gasteiger charge is -2.06. The van der Waals surface area contributed by atoms with Gasteiger partial charge in [-0.05, 0) is 34.8 Å². The van der Waals surface area contributed by atoms with E-state index in [9.17, 15) is 10.1 Å². The molecule has 0 fully saturated rings. The van der Waals surface area contributed by atoms with Crippen LogP contribution in [0.2, 0.25) is 0 Å². The Morgan fingerprint density at radius 3 is 2.62 bits per heavy atom. The van der Waals surface area contributed by atoms with Crippen LogP contribution in [0.1, 0.15) is 18.4 Å². The summed E-state index contributed by atoms with van der Waals surface area (Å²) in [5.74, 6) is -0.0853. The zero-order valence-electron chi connectivity index (χ0n) is 7.16. The Bertz CT molecular complexity index is 336. The van der Waals surface area contributed by atoms with Gasteiger partial charge in [0.25, 0.3) is 5.69 Å². The molecule has 0 heterocycles. The summed E-state index contributed by atoms with van der Waals surface area (Å²) in [4.78, 5) is 10.3. The third kappa shape index (κ3) is 2.06. The minimum atomic E-state index is -0.388. The van der Waals surface area contributed by atoms with Crippen LogP contribution in [0.4, 0.5) is 5.69 Å². The summed E-state index contributed by atoms with van der Waals surface area (Å²) in [5.41, 5.74) is 0.768. The molecule has 0 aliphatic carbocycles. The van der Waals surface area contributed by atoms with E-state index in [0.717, 1.165) is 0 Å². The van der Waals surface area contributed by atoms with E-state index in [1.165, 1.54) is 0 Å². The van der Waals surface area contributed by atoms with Crippen molar-refractivity contribution in [1.29, 1.82) is 0 Å². The summed E-state index contributed by atoms with van der Waals surface area (Å²) in [6.45, 7) is 5.60. The summed E-state index contributed by atoms with van der Waals surface area (Å²) < 4.78 is 0.505. The second-order valence-corrected chi connectivity index (χ2v) is 3.69. The Balaban J connectivity index is 3.34. The van der Waals surface area contributed by atoms with Gasteiger partial charge in [0.2, 0.25) is 0 Å². The van der Waals surface area contributed by atoms with Crippen LogP contribution in [0.25, 0.3) is 0 Å². The first-order valence-corrected chi connectivity index (χ1v) is 4.59. The van der Waals surface area contributed by atoms with Gasteiger partial charge in [0.05, 0.1) is 9.40 Å². The lowest BCUT2D eigenvalue weighted by atomic mass is 10.0. The molecule has 0 amide bonds. The third-order valence-corrected chi connectivity index (χ3v) is 2.37. The largest absolute Gasteiger partial charge is 0.286 e. The SMILES string of the molecule is [CH2]C(C)c1cccc(Br)c1[N+](=O)[O-]. The number of nitro groups is 1. The molecule has 1 rings (SSSR count). The molecule has 1 aromatic carbocycles. The van der Waals surface area contributed by atoms with E-state index in [4.69, 9.17) is 0 Å². The van der Waals surface area contributed by atoms with Crippen molar-refractivity contribution in [2.45, 2.75) is 12.8 Å². The minimum Gasteiger partial charge on any atom is -0.258 e. The number of rotatable bonds is 2. The fourth-order valence-corrected chi connectivity index (χ4v) is 1.65. The molecular formula is C9H9BrNO2. The molecule has 4 heteroatoms. The molecule has 0 aliphatic heterocycles. The van der Waals surface area contributed by atoms with E-state index in [-0.39, 0.29) is 16.5 Å². The second-order valence-electron chi connectivity index (χ2n) is 2.84. The van der Waals surface area contributed by atoms with Crippen LogP contribution < -0.4 is 0 Å². The van der Waals surface area contributed by atoms with Crippen molar-refractivity contribution in [3.63, 3.8) is 0 Å². The van der Waals surface area contributed by atoms with E-state index < -0.39 is 0 Å². The molecule has 1 aromatic rings.